The highest BCUT2D eigenvalue weighted by atomic mass is 15.3. The van der Waals surface area contributed by atoms with Crippen LogP contribution >= 0.6 is 0 Å². The van der Waals surface area contributed by atoms with Crippen molar-refractivity contribution in [1.82, 2.24) is 0 Å². The molecule has 15 heavy (non-hydrogen) atoms. The molecule has 1 nitrogen and oxygen atoms in total. The lowest BCUT2D eigenvalue weighted by atomic mass is 9.97. The van der Waals surface area contributed by atoms with Crippen molar-refractivity contribution in [3.63, 3.8) is 0 Å². The zero-order valence-electron chi connectivity index (χ0n) is 10.7. The highest BCUT2D eigenvalue weighted by molar-refractivity contribution is 5.24. The van der Waals surface area contributed by atoms with E-state index in [9.17, 15) is 0 Å². The van der Waals surface area contributed by atoms with Crippen molar-refractivity contribution >= 4 is 0 Å². The van der Waals surface area contributed by atoms with Crippen LogP contribution in [0, 0.1) is 0 Å². The predicted octanol–water partition coefficient (Wildman–Crippen LogP) is 3.41. The van der Waals surface area contributed by atoms with E-state index in [4.69, 9.17) is 0 Å². The summed E-state index contributed by atoms with van der Waals surface area (Å²) in [6, 6.07) is 9.09. The fourth-order valence-electron chi connectivity index (χ4n) is 1.74. The van der Waals surface area contributed by atoms with Gasteiger partial charge in [0.2, 0.25) is 0 Å². The van der Waals surface area contributed by atoms with Crippen LogP contribution in [0.3, 0.4) is 0 Å². The van der Waals surface area contributed by atoms with E-state index < -0.39 is 0 Å². The van der Waals surface area contributed by atoms with Crippen LogP contribution in [0.1, 0.15) is 37.3 Å². The minimum absolute atomic E-state index is 0.683. The lowest BCUT2D eigenvalue weighted by Gasteiger charge is -2.24. The molecule has 0 saturated heterocycles. The van der Waals surface area contributed by atoms with E-state index in [1.165, 1.54) is 17.5 Å². The van der Waals surface area contributed by atoms with Crippen molar-refractivity contribution in [2.45, 2.75) is 32.7 Å². The highest BCUT2D eigenvalue weighted by Crippen LogP contribution is 2.19. The summed E-state index contributed by atoms with van der Waals surface area (Å²) in [4.78, 5) is 0. The summed E-state index contributed by atoms with van der Waals surface area (Å²) >= 11 is 0. The van der Waals surface area contributed by atoms with Crippen LogP contribution in [-0.2, 0) is 6.54 Å². The molecular formula is C14H24N+. The number of nitrogens with zero attached hydrogens (tertiary/aromatic N) is 1. The lowest BCUT2D eigenvalue weighted by Crippen LogP contribution is -2.33. The van der Waals surface area contributed by atoms with E-state index >= 15 is 0 Å². The van der Waals surface area contributed by atoms with Gasteiger partial charge in [-0.15, -0.1) is 0 Å². The van der Waals surface area contributed by atoms with Crippen molar-refractivity contribution in [1.29, 1.82) is 0 Å². The average Bonchev–Trinajstić information content (AvgIpc) is 2.15. The van der Waals surface area contributed by atoms with Gasteiger partial charge in [0.1, 0.15) is 6.54 Å². The van der Waals surface area contributed by atoms with Crippen LogP contribution < -0.4 is 0 Å². The number of benzene rings is 1. The first kappa shape index (κ1) is 12.3. The maximum absolute atomic E-state index is 2.29. The van der Waals surface area contributed by atoms with Crippen LogP contribution in [0.4, 0.5) is 0 Å². The van der Waals surface area contributed by atoms with Gasteiger partial charge >= 0.3 is 0 Å². The summed E-state index contributed by atoms with van der Waals surface area (Å²) in [5.74, 6) is 0.683. The molecule has 1 aromatic rings. The molecule has 0 radical (unpaired) electrons. The molecule has 1 unspecified atom stereocenters. The normalized spacial score (nSPS) is 13.9. The van der Waals surface area contributed by atoms with Gasteiger partial charge in [-0.2, -0.15) is 0 Å². The Bertz CT molecular complexity index is 292. The molecule has 0 aliphatic rings. The molecule has 1 rings (SSSR count). The standard InChI is InChI=1S/C14H24N/c1-6-12(2)14-9-7-13(8-10-14)11-15(3,4)5/h7-10,12H,6,11H2,1-5H3/q+1. The second-order valence-corrected chi connectivity index (χ2v) is 5.50. The Morgan fingerprint density at radius 1 is 1.07 bits per heavy atom. The Hall–Kier alpha value is -0.820. The molecule has 1 aromatic carbocycles. The smallest absolute Gasteiger partial charge is 0.104 e. The predicted molar refractivity (Wildman–Crippen MR) is 66.9 cm³/mol. The second kappa shape index (κ2) is 4.80. The Balaban J connectivity index is 2.72. The molecule has 0 heterocycles. The van der Waals surface area contributed by atoms with Crippen molar-refractivity contribution in [2.24, 2.45) is 0 Å². The summed E-state index contributed by atoms with van der Waals surface area (Å²) in [6.45, 7) is 5.63. The van der Waals surface area contributed by atoms with Gasteiger partial charge in [-0.3, -0.25) is 0 Å². The van der Waals surface area contributed by atoms with Gasteiger partial charge in [0.15, 0.2) is 0 Å². The minimum atomic E-state index is 0.683. The van der Waals surface area contributed by atoms with E-state index in [0.717, 1.165) is 11.0 Å². The average molecular weight is 206 g/mol. The third-order valence-electron chi connectivity index (χ3n) is 2.82. The molecule has 0 aliphatic heterocycles. The number of hydrogen-bond acceptors (Lipinski definition) is 0. The Morgan fingerprint density at radius 3 is 2.00 bits per heavy atom. The lowest BCUT2D eigenvalue weighted by molar-refractivity contribution is -0.884. The summed E-state index contributed by atoms with van der Waals surface area (Å²) in [6.07, 6.45) is 1.22. The van der Waals surface area contributed by atoms with E-state index in [1.54, 1.807) is 0 Å². The summed E-state index contributed by atoms with van der Waals surface area (Å²) in [7, 11) is 6.67. The molecule has 0 N–H and O–H groups in total. The molecule has 0 bridgehead atoms. The third kappa shape index (κ3) is 4.05. The van der Waals surface area contributed by atoms with Gasteiger partial charge in [0.25, 0.3) is 0 Å². The van der Waals surface area contributed by atoms with E-state index in [-0.39, 0.29) is 0 Å². The van der Waals surface area contributed by atoms with Crippen LogP contribution in [0.5, 0.6) is 0 Å². The Labute approximate surface area is 94.3 Å². The fourth-order valence-corrected chi connectivity index (χ4v) is 1.74. The number of quaternary nitrogens is 1. The van der Waals surface area contributed by atoms with Crippen molar-refractivity contribution in [3.05, 3.63) is 35.4 Å². The largest absolute Gasteiger partial charge is 0.327 e. The molecule has 0 aliphatic carbocycles. The second-order valence-electron chi connectivity index (χ2n) is 5.50. The Morgan fingerprint density at radius 2 is 1.60 bits per heavy atom. The third-order valence-corrected chi connectivity index (χ3v) is 2.82. The molecule has 0 saturated carbocycles. The Kier molecular flexibility index (Phi) is 3.92. The van der Waals surface area contributed by atoms with Crippen LogP contribution in [-0.4, -0.2) is 25.6 Å². The molecular weight excluding hydrogens is 182 g/mol. The first-order valence-electron chi connectivity index (χ1n) is 5.81. The van der Waals surface area contributed by atoms with Gasteiger partial charge in [0.05, 0.1) is 21.1 Å². The van der Waals surface area contributed by atoms with Gasteiger partial charge in [-0.05, 0) is 17.9 Å². The van der Waals surface area contributed by atoms with Crippen LogP contribution in [0.25, 0.3) is 0 Å². The van der Waals surface area contributed by atoms with Crippen molar-refractivity contribution < 1.29 is 4.48 Å². The summed E-state index contributed by atoms with van der Waals surface area (Å²) < 4.78 is 0.989. The van der Waals surface area contributed by atoms with E-state index in [1.807, 2.05) is 0 Å². The molecule has 0 spiro atoms. The quantitative estimate of drug-likeness (QED) is 0.662. The number of hydrogen-bond donors (Lipinski definition) is 0. The van der Waals surface area contributed by atoms with Crippen molar-refractivity contribution in [3.8, 4) is 0 Å². The summed E-state index contributed by atoms with van der Waals surface area (Å²) in [5.41, 5.74) is 2.89. The van der Waals surface area contributed by atoms with Crippen LogP contribution in [0.15, 0.2) is 24.3 Å². The van der Waals surface area contributed by atoms with Crippen molar-refractivity contribution in [2.75, 3.05) is 21.1 Å². The number of rotatable bonds is 4. The highest BCUT2D eigenvalue weighted by Gasteiger charge is 2.09. The minimum Gasteiger partial charge on any atom is -0.327 e. The molecule has 84 valence electrons. The molecule has 1 atom stereocenters. The topological polar surface area (TPSA) is 0 Å². The zero-order valence-corrected chi connectivity index (χ0v) is 10.7. The van der Waals surface area contributed by atoms with Gasteiger partial charge in [-0.25, -0.2) is 0 Å². The summed E-state index contributed by atoms with van der Waals surface area (Å²) in [5, 5.41) is 0. The SMILES string of the molecule is CCC(C)c1ccc(C[N+](C)(C)C)cc1. The first-order valence-corrected chi connectivity index (χ1v) is 5.81. The van der Waals surface area contributed by atoms with Gasteiger partial charge in [0, 0.05) is 5.56 Å². The molecule has 0 fully saturated rings. The molecule has 1 heteroatoms. The van der Waals surface area contributed by atoms with Crippen LogP contribution in [0.2, 0.25) is 0 Å². The maximum Gasteiger partial charge on any atom is 0.104 e. The van der Waals surface area contributed by atoms with E-state index in [2.05, 4.69) is 59.3 Å². The molecule has 0 aromatic heterocycles. The zero-order chi connectivity index (χ0) is 11.5. The van der Waals surface area contributed by atoms with Gasteiger partial charge < -0.3 is 4.48 Å². The molecule has 0 amide bonds. The fraction of sp³-hybridized carbons (Fsp3) is 0.571. The van der Waals surface area contributed by atoms with Gasteiger partial charge in [-0.1, -0.05) is 38.1 Å². The first-order chi connectivity index (χ1) is 6.92. The monoisotopic (exact) mass is 206 g/mol. The van der Waals surface area contributed by atoms with E-state index in [0.29, 0.717) is 5.92 Å². The maximum atomic E-state index is 2.29.